The summed E-state index contributed by atoms with van der Waals surface area (Å²) in [6.45, 7) is 6.41. The second-order valence-electron chi connectivity index (χ2n) is 7.01. The van der Waals surface area contributed by atoms with E-state index in [1.807, 2.05) is 20.8 Å². The largest absolute Gasteiger partial charge is 0.449 e. The third-order valence-electron chi connectivity index (χ3n) is 4.00. The molecule has 0 aliphatic carbocycles. The molecule has 10 heteroatoms. The molecule has 0 saturated carbocycles. The van der Waals surface area contributed by atoms with Gasteiger partial charge >= 0.3 is 6.09 Å². The Balaban J connectivity index is 1.86. The first-order valence-corrected chi connectivity index (χ1v) is 11.5. The van der Waals surface area contributed by atoms with Gasteiger partial charge in [0.2, 0.25) is 0 Å². The van der Waals surface area contributed by atoms with Gasteiger partial charge in [-0.2, -0.15) is 0 Å². The van der Waals surface area contributed by atoms with Crippen molar-refractivity contribution in [2.45, 2.75) is 51.3 Å². The normalized spacial score (nSPS) is 12.6. The summed E-state index contributed by atoms with van der Waals surface area (Å²) >= 11 is 7.37. The number of anilines is 1. The fourth-order valence-corrected chi connectivity index (χ4v) is 4.43. The van der Waals surface area contributed by atoms with Crippen LogP contribution < -0.4 is 10.0 Å². The fraction of sp³-hybridized carbons (Fsp3) is 0.474. The summed E-state index contributed by atoms with van der Waals surface area (Å²) in [6.07, 6.45) is 3.26. The fourth-order valence-electron chi connectivity index (χ4n) is 2.40. The minimum atomic E-state index is -1.39. The molecule has 6 nitrogen and oxygen atoms in total. The van der Waals surface area contributed by atoms with Gasteiger partial charge in [0.15, 0.2) is 5.13 Å². The maximum absolute atomic E-state index is 13.2. The van der Waals surface area contributed by atoms with E-state index in [1.54, 1.807) is 12.3 Å². The predicted octanol–water partition coefficient (Wildman–Crippen LogP) is 5.06. The third-order valence-corrected chi connectivity index (χ3v) is 6.82. The molecule has 0 bridgehead atoms. The van der Waals surface area contributed by atoms with Gasteiger partial charge in [0.05, 0.1) is 22.3 Å². The Morgan fingerprint density at radius 1 is 1.41 bits per heavy atom. The molecule has 0 fully saturated rings. The van der Waals surface area contributed by atoms with E-state index in [1.165, 1.54) is 23.5 Å². The lowest BCUT2D eigenvalue weighted by atomic mass is 10.0. The number of carbonyl (C=O) groups is 1. The van der Waals surface area contributed by atoms with Crippen LogP contribution in [0.25, 0.3) is 0 Å². The molecule has 160 valence electrons. The van der Waals surface area contributed by atoms with Gasteiger partial charge in [-0.3, -0.25) is 5.32 Å². The molecular formula is C19H25ClFN3O3S2. The lowest BCUT2D eigenvalue weighted by molar-refractivity contribution is 0.160. The van der Waals surface area contributed by atoms with Crippen molar-refractivity contribution >= 4 is 45.1 Å². The Morgan fingerprint density at radius 2 is 2.17 bits per heavy atom. The highest BCUT2D eigenvalue weighted by Gasteiger charge is 2.27. The van der Waals surface area contributed by atoms with E-state index >= 15 is 0 Å². The molecule has 1 atom stereocenters. The molecule has 2 rings (SSSR count). The first kappa shape index (κ1) is 23.7. The highest BCUT2D eigenvalue weighted by Crippen LogP contribution is 2.25. The predicted molar refractivity (Wildman–Crippen MR) is 116 cm³/mol. The number of hydrogen-bond donors (Lipinski definition) is 2. The number of thiazole rings is 1. The third kappa shape index (κ3) is 7.65. The van der Waals surface area contributed by atoms with E-state index < -0.39 is 27.6 Å². The lowest BCUT2D eigenvalue weighted by Crippen LogP contribution is -2.37. The number of aromatic nitrogens is 1. The quantitative estimate of drug-likeness (QED) is 0.484. The highest BCUT2D eigenvalue weighted by atomic mass is 35.5. The zero-order valence-electron chi connectivity index (χ0n) is 16.6. The molecule has 0 aliphatic heterocycles. The van der Waals surface area contributed by atoms with E-state index in [0.29, 0.717) is 29.7 Å². The summed E-state index contributed by atoms with van der Waals surface area (Å²) < 4.78 is 33.3. The first-order chi connectivity index (χ1) is 13.7. The smallest absolute Gasteiger partial charge is 0.413 e. The zero-order valence-corrected chi connectivity index (χ0v) is 19.0. The van der Waals surface area contributed by atoms with Gasteiger partial charge in [0.1, 0.15) is 5.82 Å². The zero-order chi connectivity index (χ0) is 21.4. The second kappa shape index (κ2) is 11.0. The maximum atomic E-state index is 13.2. The average molecular weight is 462 g/mol. The summed E-state index contributed by atoms with van der Waals surface area (Å²) in [7, 11) is -1.39. The topological polar surface area (TPSA) is 80.3 Å². The monoisotopic (exact) mass is 461 g/mol. The number of unbranched alkanes of at least 4 members (excludes halogenated alkanes) is 1. The van der Waals surface area contributed by atoms with Crippen LogP contribution in [0.1, 0.15) is 44.1 Å². The van der Waals surface area contributed by atoms with Gasteiger partial charge in [-0.15, -0.1) is 11.3 Å². The Labute approximate surface area is 181 Å². The number of ether oxygens (including phenoxy) is 1. The van der Waals surface area contributed by atoms with Crippen molar-refractivity contribution in [3.8, 4) is 0 Å². The lowest BCUT2D eigenvalue weighted by Gasteiger charge is -2.24. The van der Waals surface area contributed by atoms with Crippen LogP contribution in [-0.2, 0) is 28.7 Å². The van der Waals surface area contributed by atoms with Gasteiger partial charge in [0.25, 0.3) is 0 Å². The van der Waals surface area contributed by atoms with Crippen molar-refractivity contribution < 1.29 is 18.1 Å². The number of nitrogens with zero attached hydrogens (tertiary/aromatic N) is 1. The van der Waals surface area contributed by atoms with Crippen molar-refractivity contribution in [1.29, 1.82) is 0 Å². The van der Waals surface area contributed by atoms with E-state index in [-0.39, 0.29) is 0 Å². The molecule has 29 heavy (non-hydrogen) atoms. The number of hydrogen-bond acceptors (Lipinski definition) is 5. The molecule has 1 unspecified atom stereocenters. The maximum Gasteiger partial charge on any atom is 0.413 e. The van der Waals surface area contributed by atoms with Crippen LogP contribution in [0.3, 0.4) is 0 Å². The Bertz CT molecular complexity index is 861. The number of halogens is 2. The Hall–Kier alpha value is -1.55. The summed E-state index contributed by atoms with van der Waals surface area (Å²) in [5.74, 6) is -0.403. The first-order valence-electron chi connectivity index (χ1n) is 9.19. The number of carbonyl (C=O) groups excluding carboxylic acids is 1. The van der Waals surface area contributed by atoms with Crippen LogP contribution in [0, 0.1) is 5.82 Å². The van der Waals surface area contributed by atoms with Gasteiger partial charge in [-0.1, -0.05) is 31.0 Å². The van der Waals surface area contributed by atoms with Gasteiger partial charge in [0, 0.05) is 22.6 Å². The molecule has 2 aromatic rings. The van der Waals surface area contributed by atoms with E-state index in [0.717, 1.165) is 23.3 Å². The minimum absolute atomic E-state index is 0.319. The van der Waals surface area contributed by atoms with Crippen LogP contribution in [0.4, 0.5) is 14.3 Å². The Morgan fingerprint density at radius 3 is 2.86 bits per heavy atom. The van der Waals surface area contributed by atoms with Crippen LogP contribution in [0.15, 0.2) is 24.4 Å². The van der Waals surface area contributed by atoms with Crippen LogP contribution >= 0.6 is 22.9 Å². The molecule has 0 saturated heterocycles. The van der Waals surface area contributed by atoms with E-state index in [2.05, 4.69) is 15.0 Å². The van der Waals surface area contributed by atoms with Gasteiger partial charge in [-0.05, 0) is 44.4 Å². The van der Waals surface area contributed by atoms with Gasteiger partial charge < -0.3 is 4.74 Å². The number of amides is 1. The minimum Gasteiger partial charge on any atom is -0.449 e. The number of rotatable bonds is 10. The number of benzene rings is 1. The standard InChI is InChI=1S/C19H25ClFN3O3S2/c1-4-5-8-27-18(25)24-17-22-11-15(28-17)12-23-29(26)19(2,3)10-13-6-7-14(21)9-16(13)20/h6-7,9,11,23H,4-5,8,10,12H2,1-3H3,(H,22,24,25). The SMILES string of the molecule is CCCCOC(=O)Nc1ncc(CNS(=O)C(C)(C)Cc2ccc(F)cc2Cl)s1. The summed E-state index contributed by atoms with van der Waals surface area (Å²) in [5.41, 5.74) is 0.735. The highest BCUT2D eigenvalue weighted by molar-refractivity contribution is 7.84. The molecule has 1 aromatic heterocycles. The molecular weight excluding hydrogens is 437 g/mol. The van der Waals surface area contributed by atoms with Crippen molar-refractivity contribution in [3.05, 3.63) is 45.7 Å². The van der Waals surface area contributed by atoms with Crippen molar-refractivity contribution in [3.63, 3.8) is 0 Å². The van der Waals surface area contributed by atoms with Crippen molar-refractivity contribution in [1.82, 2.24) is 9.71 Å². The average Bonchev–Trinajstić information content (AvgIpc) is 3.09. The molecule has 1 amide bonds. The summed E-state index contributed by atoms with van der Waals surface area (Å²) in [6, 6.07) is 4.20. The number of nitrogens with one attached hydrogen (secondary N) is 2. The molecule has 2 N–H and O–H groups in total. The van der Waals surface area contributed by atoms with Crippen LogP contribution in [0.5, 0.6) is 0 Å². The van der Waals surface area contributed by atoms with Crippen LogP contribution in [0.2, 0.25) is 5.02 Å². The summed E-state index contributed by atoms with van der Waals surface area (Å²) in [4.78, 5) is 16.6. The van der Waals surface area contributed by atoms with Crippen molar-refractivity contribution in [2.75, 3.05) is 11.9 Å². The van der Waals surface area contributed by atoms with E-state index in [4.69, 9.17) is 16.3 Å². The second-order valence-corrected chi connectivity index (χ2v) is 10.5. The molecule has 0 radical (unpaired) electrons. The van der Waals surface area contributed by atoms with Gasteiger partial charge in [-0.25, -0.2) is 23.1 Å². The molecule has 1 aromatic carbocycles. The van der Waals surface area contributed by atoms with Crippen molar-refractivity contribution in [2.24, 2.45) is 0 Å². The van der Waals surface area contributed by atoms with Crippen LogP contribution in [-0.4, -0.2) is 26.6 Å². The summed E-state index contributed by atoms with van der Waals surface area (Å²) in [5, 5.41) is 3.32. The molecule has 0 aliphatic rings. The van der Waals surface area contributed by atoms with E-state index in [9.17, 15) is 13.4 Å². The molecule has 0 spiro atoms. The molecule has 1 heterocycles. The Kier molecular flexibility index (Phi) is 9.01.